The van der Waals surface area contributed by atoms with Gasteiger partial charge in [-0.25, -0.2) is 14.2 Å². The number of nitrogens with one attached hydrogen (secondary N) is 1. The van der Waals surface area contributed by atoms with E-state index in [1.165, 1.54) is 25.5 Å². The fourth-order valence-corrected chi connectivity index (χ4v) is 4.74. The minimum atomic E-state index is -0.812. The number of benzene rings is 3. The molecule has 10 heteroatoms. The van der Waals surface area contributed by atoms with Crippen LogP contribution in [-0.2, 0) is 11.4 Å². The molecular formula is C30H28FN3O6. The van der Waals surface area contributed by atoms with E-state index in [1.807, 2.05) is 32.9 Å². The Hall–Kier alpha value is -4.86. The van der Waals surface area contributed by atoms with E-state index in [0.29, 0.717) is 28.3 Å². The number of halogens is 1. The molecule has 0 aliphatic carbocycles. The number of oxazole rings is 1. The summed E-state index contributed by atoms with van der Waals surface area (Å²) >= 11 is 0. The third-order valence-electron chi connectivity index (χ3n) is 6.74. The van der Waals surface area contributed by atoms with Gasteiger partial charge < -0.3 is 28.8 Å². The number of aromatic nitrogens is 1. The summed E-state index contributed by atoms with van der Waals surface area (Å²) in [6.45, 7) is 5.50. The molecule has 0 radical (unpaired) electrons. The second kappa shape index (κ2) is 10.4. The normalized spacial score (nSPS) is 13.8. The summed E-state index contributed by atoms with van der Waals surface area (Å²) in [4.78, 5) is 31.0. The number of anilines is 2. The van der Waals surface area contributed by atoms with Gasteiger partial charge in [0.05, 0.1) is 18.5 Å². The number of fused-ring (bicyclic) bond motifs is 1. The van der Waals surface area contributed by atoms with Gasteiger partial charge in [0.2, 0.25) is 0 Å². The summed E-state index contributed by atoms with van der Waals surface area (Å²) in [7, 11) is 3.22. The molecule has 1 amide bonds. The molecule has 1 aliphatic heterocycles. The molecule has 0 unspecified atom stereocenters. The van der Waals surface area contributed by atoms with Gasteiger partial charge in [-0.3, -0.25) is 4.79 Å². The van der Waals surface area contributed by atoms with E-state index in [1.54, 1.807) is 36.2 Å². The quantitative estimate of drug-likeness (QED) is 0.231. The molecule has 2 heterocycles. The number of nitrogens with zero attached hydrogens (tertiary/aromatic N) is 2. The van der Waals surface area contributed by atoms with Crippen LogP contribution in [0.1, 0.15) is 35.5 Å². The van der Waals surface area contributed by atoms with Crippen LogP contribution >= 0.6 is 0 Å². The van der Waals surface area contributed by atoms with Gasteiger partial charge in [-0.05, 0) is 56.2 Å². The van der Waals surface area contributed by atoms with Gasteiger partial charge in [0.15, 0.2) is 12.1 Å². The minimum Gasteiger partial charge on any atom is -0.496 e. The second-order valence-electron chi connectivity index (χ2n) is 9.93. The molecule has 3 aromatic carbocycles. The summed E-state index contributed by atoms with van der Waals surface area (Å²) in [5, 5.41) is 3.32. The highest BCUT2D eigenvalue weighted by Crippen LogP contribution is 2.45. The maximum atomic E-state index is 14.0. The lowest BCUT2D eigenvalue weighted by molar-refractivity contribution is -0.121. The molecule has 206 valence electrons. The maximum absolute atomic E-state index is 14.0. The molecule has 0 fully saturated rings. The number of esters is 1. The highest BCUT2D eigenvalue weighted by atomic mass is 19.1. The first-order valence-electron chi connectivity index (χ1n) is 12.5. The maximum Gasteiger partial charge on any atom is 0.365 e. The predicted octanol–water partition coefficient (Wildman–Crippen LogP) is 5.76. The Morgan fingerprint density at radius 1 is 1.10 bits per heavy atom. The van der Waals surface area contributed by atoms with Crippen LogP contribution in [0.3, 0.4) is 0 Å². The number of aryl methyl sites for hydroxylation is 1. The van der Waals surface area contributed by atoms with Gasteiger partial charge in [0.1, 0.15) is 41.5 Å². The van der Waals surface area contributed by atoms with Gasteiger partial charge >= 0.3 is 5.97 Å². The van der Waals surface area contributed by atoms with Crippen LogP contribution in [0.5, 0.6) is 17.2 Å². The summed E-state index contributed by atoms with van der Waals surface area (Å²) < 4.78 is 36.1. The predicted molar refractivity (Wildman–Crippen MR) is 146 cm³/mol. The number of carbonyl (C=O) groups excluding carboxylic acids is 2. The van der Waals surface area contributed by atoms with E-state index in [0.717, 1.165) is 23.2 Å². The molecule has 9 nitrogen and oxygen atoms in total. The lowest BCUT2D eigenvalue weighted by Gasteiger charge is -2.39. The molecule has 1 aromatic heterocycles. The average Bonchev–Trinajstić information content (AvgIpc) is 3.47. The van der Waals surface area contributed by atoms with Crippen molar-refractivity contribution in [3.05, 3.63) is 83.8 Å². The molecule has 40 heavy (non-hydrogen) atoms. The SMILES string of the molecule is COc1cc(OC(=O)c2cocn2)ccc1-c1ccc2c(c1COc1cc(F)ccc1C)N(C)C(=O)C(C)(C)N2. The van der Waals surface area contributed by atoms with Gasteiger partial charge in [0, 0.05) is 30.3 Å². The monoisotopic (exact) mass is 545 g/mol. The topological polar surface area (TPSA) is 103 Å². The van der Waals surface area contributed by atoms with Gasteiger partial charge in [-0.15, -0.1) is 0 Å². The first-order valence-corrected chi connectivity index (χ1v) is 12.5. The Kier molecular flexibility index (Phi) is 6.93. The van der Waals surface area contributed by atoms with Crippen molar-refractivity contribution in [3.63, 3.8) is 0 Å². The standard InChI is InChI=1S/C30H28FN3O6/c1-17-6-7-18(31)12-25(17)39-14-22-20(10-11-23-27(22)34(4)29(36)30(2,3)33-23)21-9-8-19(13-26(21)37-5)40-28(35)24-15-38-16-32-24/h6-13,15-16,33H,14H2,1-5H3. The molecule has 0 spiro atoms. The van der Waals surface area contributed by atoms with Crippen molar-refractivity contribution in [3.8, 4) is 28.4 Å². The van der Waals surface area contributed by atoms with Crippen LogP contribution in [-0.4, -0.2) is 36.6 Å². The number of carbonyl (C=O) groups is 2. The number of amides is 1. The highest BCUT2D eigenvalue weighted by Gasteiger charge is 2.38. The third kappa shape index (κ3) is 4.95. The molecule has 4 aromatic rings. The van der Waals surface area contributed by atoms with Gasteiger partial charge in [-0.1, -0.05) is 12.1 Å². The van der Waals surface area contributed by atoms with Gasteiger partial charge in [0.25, 0.3) is 5.91 Å². The Morgan fingerprint density at radius 3 is 2.60 bits per heavy atom. The van der Waals surface area contributed by atoms with E-state index < -0.39 is 17.3 Å². The van der Waals surface area contributed by atoms with Crippen molar-refractivity contribution in [1.29, 1.82) is 0 Å². The number of likely N-dealkylation sites (N-methyl/N-ethyl adjacent to an activating group) is 1. The Morgan fingerprint density at radius 2 is 1.88 bits per heavy atom. The summed E-state index contributed by atoms with van der Waals surface area (Å²) in [5.74, 6) is -0.150. The fraction of sp³-hybridized carbons (Fsp3) is 0.233. The summed E-state index contributed by atoms with van der Waals surface area (Å²) in [5.41, 5.74) is 3.47. The van der Waals surface area contributed by atoms with Crippen LogP contribution in [0.15, 0.2) is 65.6 Å². The van der Waals surface area contributed by atoms with E-state index >= 15 is 0 Å². The van der Waals surface area contributed by atoms with Crippen molar-refractivity contribution in [2.24, 2.45) is 0 Å². The van der Waals surface area contributed by atoms with E-state index in [9.17, 15) is 14.0 Å². The first-order chi connectivity index (χ1) is 19.1. The van der Waals surface area contributed by atoms with E-state index in [2.05, 4.69) is 10.3 Å². The zero-order valence-electron chi connectivity index (χ0n) is 22.7. The van der Waals surface area contributed by atoms with Crippen molar-refractivity contribution in [1.82, 2.24) is 4.98 Å². The molecular weight excluding hydrogens is 517 g/mol. The molecule has 0 atom stereocenters. The van der Waals surface area contributed by atoms with Crippen molar-refractivity contribution in [2.45, 2.75) is 32.9 Å². The number of ether oxygens (including phenoxy) is 3. The zero-order chi connectivity index (χ0) is 28.6. The van der Waals surface area contributed by atoms with E-state index in [-0.39, 0.29) is 24.0 Å². The number of hydrogen-bond donors (Lipinski definition) is 1. The highest BCUT2D eigenvalue weighted by molar-refractivity contribution is 6.08. The number of rotatable bonds is 7. The number of methoxy groups -OCH3 is 1. The fourth-order valence-electron chi connectivity index (χ4n) is 4.74. The molecule has 1 N–H and O–H groups in total. The first kappa shape index (κ1) is 26.7. The second-order valence-corrected chi connectivity index (χ2v) is 9.93. The molecule has 5 rings (SSSR count). The van der Waals surface area contributed by atoms with Crippen LogP contribution in [0.25, 0.3) is 11.1 Å². The molecule has 0 saturated heterocycles. The summed E-state index contributed by atoms with van der Waals surface area (Å²) in [6.07, 6.45) is 2.34. The third-order valence-corrected chi connectivity index (χ3v) is 6.74. The van der Waals surface area contributed by atoms with Crippen LogP contribution in [0, 0.1) is 12.7 Å². The van der Waals surface area contributed by atoms with Crippen molar-refractivity contribution < 1.29 is 32.6 Å². The van der Waals surface area contributed by atoms with Gasteiger partial charge in [-0.2, -0.15) is 0 Å². The Labute approximate surface area is 230 Å². The molecule has 1 aliphatic rings. The molecule has 0 bridgehead atoms. The lowest BCUT2D eigenvalue weighted by Crippen LogP contribution is -2.52. The van der Waals surface area contributed by atoms with E-state index in [4.69, 9.17) is 18.6 Å². The largest absolute Gasteiger partial charge is 0.496 e. The van der Waals surface area contributed by atoms with Crippen LogP contribution in [0.4, 0.5) is 15.8 Å². The number of hydrogen-bond acceptors (Lipinski definition) is 8. The van der Waals surface area contributed by atoms with Crippen LogP contribution in [0.2, 0.25) is 0 Å². The lowest BCUT2D eigenvalue weighted by atomic mass is 9.91. The summed E-state index contributed by atoms with van der Waals surface area (Å²) in [6, 6.07) is 13.1. The average molecular weight is 546 g/mol. The van der Waals surface area contributed by atoms with Crippen molar-refractivity contribution >= 4 is 23.3 Å². The Bertz CT molecular complexity index is 1600. The Balaban J connectivity index is 1.59. The molecule has 0 saturated carbocycles. The zero-order valence-corrected chi connectivity index (χ0v) is 22.7. The smallest absolute Gasteiger partial charge is 0.365 e. The minimum absolute atomic E-state index is 0.0351. The van der Waals surface area contributed by atoms with Crippen molar-refractivity contribution in [2.75, 3.05) is 24.4 Å². The van der Waals surface area contributed by atoms with Crippen LogP contribution < -0.4 is 24.4 Å².